The second kappa shape index (κ2) is 6.06. The number of ketones is 1. The van der Waals surface area contributed by atoms with E-state index in [1.807, 2.05) is 0 Å². The molecule has 3 rings (SSSR count). The van der Waals surface area contributed by atoms with Crippen LogP contribution in [0.15, 0.2) is 24.3 Å². The Kier molecular flexibility index (Phi) is 4.05. The molecule has 0 fully saturated rings. The molecular weight excluding hydrogens is 332 g/mol. The van der Waals surface area contributed by atoms with Crippen LogP contribution >= 0.6 is 0 Å². The van der Waals surface area contributed by atoms with Crippen LogP contribution in [0.25, 0.3) is 0 Å². The number of phenolic OH excluding ortho intramolecular Hbond substituents is 3. The van der Waals surface area contributed by atoms with Crippen molar-refractivity contribution in [2.75, 3.05) is 14.2 Å². The van der Waals surface area contributed by atoms with Gasteiger partial charge in [-0.2, -0.15) is 0 Å². The minimum absolute atomic E-state index is 0.0767. The normalized spacial score (nSPS) is 19.1. The first kappa shape index (κ1) is 16.7. The maximum absolute atomic E-state index is 12.5. The number of ether oxygens (including phenoxy) is 3. The number of carbonyl (C=O) groups excluding carboxylic acids is 1. The first-order valence-electron chi connectivity index (χ1n) is 7.27. The second-order valence-electron chi connectivity index (χ2n) is 5.43. The first-order valence-corrected chi connectivity index (χ1v) is 7.27. The lowest BCUT2D eigenvalue weighted by Gasteiger charge is -2.31. The third-order valence-corrected chi connectivity index (χ3v) is 3.98. The van der Waals surface area contributed by atoms with E-state index in [1.54, 1.807) is 0 Å². The zero-order chi connectivity index (χ0) is 18.3. The van der Waals surface area contributed by atoms with Crippen molar-refractivity contribution in [3.63, 3.8) is 0 Å². The number of rotatable bonds is 3. The average molecular weight is 348 g/mol. The maximum atomic E-state index is 12.5. The molecule has 132 valence electrons. The van der Waals surface area contributed by atoms with Crippen LogP contribution in [0, 0.1) is 0 Å². The van der Waals surface area contributed by atoms with Crippen LogP contribution in [0.3, 0.4) is 0 Å². The molecule has 4 N–H and O–H groups in total. The minimum Gasteiger partial charge on any atom is -0.507 e. The third-order valence-electron chi connectivity index (χ3n) is 3.98. The van der Waals surface area contributed by atoms with E-state index < -0.39 is 29.5 Å². The molecule has 2 atom stereocenters. The summed E-state index contributed by atoms with van der Waals surface area (Å²) in [6, 6.07) is 4.97. The van der Waals surface area contributed by atoms with Crippen molar-refractivity contribution in [1.82, 2.24) is 0 Å². The van der Waals surface area contributed by atoms with Gasteiger partial charge >= 0.3 is 0 Å². The summed E-state index contributed by atoms with van der Waals surface area (Å²) in [5.41, 5.74) is 0.0376. The quantitative estimate of drug-likeness (QED) is 0.615. The smallest absolute Gasteiger partial charge is 0.204 e. The van der Waals surface area contributed by atoms with Crippen LogP contribution in [-0.4, -0.2) is 46.5 Å². The van der Waals surface area contributed by atoms with E-state index in [-0.39, 0.29) is 34.1 Å². The molecule has 2 aromatic rings. The number of fused-ring (bicyclic) bond motifs is 1. The number of aliphatic hydroxyl groups excluding tert-OH is 1. The van der Waals surface area contributed by atoms with Crippen LogP contribution in [-0.2, 0) is 0 Å². The van der Waals surface area contributed by atoms with Crippen LogP contribution in [0.4, 0.5) is 0 Å². The van der Waals surface area contributed by atoms with Crippen LogP contribution < -0.4 is 14.2 Å². The SMILES string of the molecule is COc1cc(O)c2c(c1OC)OC(c1ccc(O)c(O)c1)C(O)C2=O. The first-order chi connectivity index (χ1) is 11.9. The van der Waals surface area contributed by atoms with E-state index in [2.05, 4.69) is 0 Å². The predicted octanol–water partition coefficient (Wildman–Crippen LogP) is 1.50. The van der Waals surface area contributed by atoms with Crippen molar-refractivity contribution < 1.29 is 39.4 Å². The van der Waals surface area contributed by atoms with Gasteiger partial charge in [-0.1, -0.05) is 6.07 Å². The summed E-state index contributed by atoms with van der Waals surface area (Å²) >= 11 is 0. The maximum Gasteiger partial charge on any atom is 0.204 e. The van der Waals surface area contributed by atoms with Gasteiger partial charge in [-0.25, -0.2) is 0 Å². The Morgan fingerprint density at radius 1 is 1.00 bits per heavy atom. The Hall–Kier alpha value is -3.13. The van der Waals surface area contributed by atoms with Crippen molar-refractivity contribution >= 4 is 5.78 Å². The van der Waals surface area contributed by atoms with Gasteiger partial charge in [-0.05, 0) is 17.7 Å². The van der Waals surface area contributed by atoms with Gasteiger partial charge in [0.25, 0.3) is 0 Å². The lowest BCUT2D eigenvalue weighted by molar-refractivity contribution is 0.0197. The molecule has 0 saturated carbocycles. The highest BCUT2D eigenvalue weighted by Gasteiger charge is 2.41. The number of methoxy groups -OCH3 is 2. The zero-order valence-electron chi connectivity index (χ0n) is 13.4. The van der Waals surface area contributed by atoms with Crippen molar-refractivity contribution in [2.24, 2.45) is 0 Å². The molecule has 0 amide bonds. The molecule has 0 saturated heterocycles. The van der Waals surface area contributed by atoms with E-state index in [0.717, 1.165) is 0 Å². The molecule has 0 radical (unpaired) electrons. The Bertz CT molecular complexity index is 845. The monoisotopic (exact) mass is 348 g/mol. The summed E-state index contributed by atoms with van der Waals surface area (Å²) in [6.45, 7) is 0. The van der Waals surface area contributed by atoms with Gasteiger partial charge in [0.05, 0.1) is 14.2 Å². The van der Waals surface area contributed by atoms with Gasteiger partial charge in [0.2, 0.25) is 11.5 Å². The van der Waals surface area contributed by atoms with Crippen molar-refractivity contribution in [3.05, 3.63) is 35.4 Å². The topological polar surface area (TPSA) is 126 Å². The summed E-state index contributed by atoms with van der Waals surface area (Å²) in [4.78, 5) is 12.5. The van der Waals surface area contributed by atoms with Gasteiger partial charge in [-0.15, -0.1) is 0 Å². The molecule has 8 heteroatoms. The van der Waals surface area contributed by atoms with E-state index in [9.17, 15) is 25.2 Å². The highest BCUT2D eigenvalue weighted by atomic mass is 16.5. The molecule has 2 aromatic carbocycles. The molecule has 1 aliphatic heterocycles. The standard InChI is InChI=1S/C17H16O8/c1-23-11-6-10(20)12-13(21)14(22)15(25-17(12)16(11)24-2)7-3-4-8(18)9(19)5-7/h3-6,14-15,18-20,22H,1-2H3. The van der Waals surface area contributed by atoms with Gasteiger partial charge < -0.3 is 34.6 Å². The highest BCUT2D eigenvalue weighted by molar-refractivity contribution is 6.06. The predicted molar refractivity (Wildman–Crippen MR) is 84.7 cm³/mol. The molecule has 0 aliphatic carbocycles. The van der Waals surface area contributed by atoms with Crippen LogP contribution in [0.2, 0.25) is 0 Å². The average Bonchev–Trinajstić information content (AvgIpc) is 2.59. The molecule has 0 bridgehead atoms. The summed E-state index contributed by atoms with van der Waals surface area (Å²) in [7, 11) is 2.70. The Balaban J connectivity index is 2.16. The Morgan fingerprint density at radius 2 is 1.72 bits per heavy atom. The molecule has 1 aliphatic rings. The molecule has 25 heavy (non-hydrogen) atoms. The number of Topliss-reactive ketones (excluding diaryl/α,β-unsaturated/α-hetero) is 1. The van der Waals surface area contributed by atoms with Crippen LogP contribution in [0.5, 0.6) is 34.5 Å². The number of benzene rings is 2. The third kappa shape index (κ3) is 2.56. The summed E-state index contributed by atoms with van der Waals surface area (Å²) in [5.74, 6) is -1.79. The van der Waals surface area contributed by atoms with E-state index in [0.29, 0.717) is 0 Å². The number of aromatic hydroxyl groups is 3. The number of carbonyl (C=O) groups is 1. The lowest BCUT2D eigenvalue weighted by Crippen LogP contribution is -2.36. The molecule has 1 heterocycles. The lowest BCUT2D eigenvalue weighted by atomic mass is 9.92. The van der Waals surface area contributed by atoms with Gasteiger partial charge in [0, 0.05) is 6.07 Å². The fourth-order valence-electron chi connectivity index (χ4n) is 2.74. The van der Waals surface area contributed by atoms with Crippen LogP contribution in [0.1, 0.15) is 22.0 Å². The Morgan fingerprint density at radius 3 is 2.32 bits per heavy atom. The van der Waals surface area contributed by atoms with Gasteiger partial charge in [0.1, 0.15) is 11.3 Å². The van der Waals surface area contributed by atoms with Crippen molar-refractivity contribution in [2.45, 2.75) is 12.2 Å². The van der Waals surface area contributed by atoms with E-state index >= 15 is 0 Å². The fraction of sp³-hybridized carbons (Fsp3) is 0.235. The van der Waals surface area contributed by atoms with Crippen molar-refractivity contribution in [1.29, 1.82) is 0 Å². The summed E-state index contributed by atoms with van der Waals surface area (Å²) in [6.07, 6.45) is -2.80. The number of hydrogen-bond acceptors (Lipinski definition) is 8. The number of aliphatic hydroxyl groups is 1. The molecule has 0 spiro atoms. The zero-order valence-corrected chi connectivity index (χ0v) is 13.4. The second-order valence-corrected chi connectivity index (χ2v) is 5.43. The fourth-order valence-corrected chi connectivity index (χ4v) is 2.74. The largest absolute Gasteiger partial charge is 0.507 e. The van der Waals surface area contributed by atoms with Gasteiger partial charge in [-0.3, -0.25) is 4.79 Å². The number of hydrogen-bond donors (Lipinski definition) is 4. The summed E-state index contributed by atoms with van der Waals surface area (Å²) < 4.78 is 16.0. The minimum atomic E-state index is -1.62. The summed E-state index contributed by atoms with van der Waals surface area (Å²) in [5, 5.41) is 39.5. The molecule has 0 aromatic heterocycles. The van der Waals surface area contributed by atoms with E-state index in [4.69, 9.17) is 14.2 Å². The molecule has 2 unspecified atom stereocenters. The molecule has 8 nitrogen and oxygen atoms in total. The Labute approximate surface area is 142 Å². The van der Waals surface area contributed by atoms with Crippen molar-refractivity contribution in [3.8, 4) is 34.5 Å². The van der Waals surface area contributed by atoms with Gasteiger partial charge in [0.15, 0.2) is 35.2 Å². The highest BCUT2D eigenvalue weighted by Crippen LogP contribution is 2.50. The number of phenols is 3. The molecular formula is C17H16O8. The van der Waals surface area contributed by atoms with E-state index in [1.165, 1.54) is 38.5 Å².